The third kappa shape index (κ3) is 2.97. The first-order chi connectivity index (χ1) is 12.2. The summed E-state index contributed by atoms with van der Waals surface area (Å²) in [6.07, 6.45) is 3.93. The van der Waals surface area contributed by atoms with Gasteiger partial charge in [-0.05, 0) is 23.8 Å². The molecule has 0 aliphatic carbocycles. The number of rotatable bonds is 3. The van der Waals surface area contributed by atoms with Crippen LogP contribution in [-0.2, 0) is 16.0 Å². The van der Waals surface area contributed by atoms with Gasteiger partial charge in [-0.2, -0.15) is 5.10 Å². The normalized spacial score (nSPS) is 16.0. The van der Waals surface area contributed by atoms with Gasteiger partial charge in [0, 0.05) is 6.42 Å². The zero-order chi connectivity index (χ0) is 17.2. The number of pyridine rings is 1. The Hall–Kier alpha value is -3.55. The number of anilines is 1. The van der Waals surface area contributed by atoms with E-state index in [2.05, 4.69) is 20.4 Å². The molecule has 124 valence electrons. The van der Waals surface area contributed by atoms with E-state index in [0.717, 1.165) is 5.56 Å². The molecule has 25 heavy (non-hydrogen) atoms. The zero-order valence-electron chi connectivity index (χ0n) is 13.0. The molecule has 2 aromatic heterocycles. The van der Waals surface area contributed by atoms with Crippen LogP contribution in [0.2, 0.25) is 0 Å². The van der Waals surface area contributed by atoms with E-state index in [0.29, 0.717) is 23.5 Å². The van der Waals surface area contributed by atoms with Crippen LogP contribution >= 0.6 is 0 Å². The molecule has 0 saturated heterocycles. The van der Waals surface area contributed by atoms with Gasteiger partial charge in [-0.15, -0.1) is 0 Å². The highest BCUT2D eigenvalue weighted by Crippen LogP contribution is 2.21. The molecule has 1 aliphatic rings. The zero-order valence-corrected chi connectivity index (χ0v) is 13.0. The predicted octanol–water partition coefficient (Wildman–Crippen LogP) is 1.38. The molecule has 1 N–H and O–H groups in total. The van der Waals surface area contributed by atoms with Gasteiger partial charge < -0.3 is 10.1 Å². The SMILES string of the molecule is O=C1O[C@H](C(=O)Nc2ccc(-n3cncn3)nc2)Cc2ccccc21. The maximum absolute atomic E-state index is 12.4. The first-order valence-electron chi connectivity index (χ1n) is 7.61. The van der Waals surface area contributed by atoms with Gasteiger partial charge in [-0.1, -0.05) is 18.2 Å². The summed E-state index contributed by atoms with van der Waals surface area (Å²) in [6.45, 7) is 0. The van der Waals surface area contributed by atoms with Crippen molar-refractivity contribution in [1.29, 1.82) is 0 Å². The molecule has 1 aromatic carbocycles. The number of nitrogens with zero attached hydrogens (tertiary/aromatic N) is 4. The fraction of sp³-hybridized carbons (Fsp3) is 0.118. The Bertz CT molecular complexity index is 922. The average Bonchev–Trinajstić information content (AvgIpc) is 3.17. The van der Waals surface area contributed by atoms with Crippen molar-refractivity contribution in [3.05, 3.63) is 66.4 Å². The minimum absolute atomic E-state index is 0.345. The highest BCUT2D eigenvalue weighted by atomic mass is 16.5. The second kappa shape index (κ2) is 6.16. The second-order valence-electron chi connectivity index (χ2n) is 5.49. The number of hydrogen-bond acceptors (Lipinski definition) is 6. The fourth-order valence-electron chi connectivity index (χ4n) is 2.62. The minimum atomic E-state index is -0.864. The molecule has 3 heterocycles. The lowest BCUT2D eigenvalue weighted by atomic mass is 9.98. The van der Waals surface area contributed by atoms with Crippen molar-refractivity contribution in [2.45, 2.75) is 12.5 Å². The van der Waals surface area contributed by atoms with Crippen LogP contribution in [0.4, 0.5) is 5.69 Å². The number of ether oxygens (including phenoxy) is 1. The van der Waals surface area contributed by atoms with E-state index in [1.165, 1.54) is 23.5 Å². The molecule has 0 bridgehead atoms. The van der Waals surface area contributed by atoms with Gasteiger partial charge in [0.05, 0.1) is 17.4 Å². The molecule has 3 aromatic rings. The highest BCUT2D eigenvalue weighted by molar-refractivity contribution is 6.00. The largest absolute Gasteiger partial charge is 0.448 e. The van der Waals surface area contributed by atoms with E-state index in [1.807, 2.05) is 12.1 Å². The fourth-order valence-corrected chi connectivity index (χ4v) is 2.62. The van der Waals surface area contributed by atoms with Crippen LogP contribution in [-0.4, -0.2) is 37.7 Å². The molecule has 8 nitrogen and oxygen atoms in total. The van der Waals surface area contributed by atoms with Crippen LogP contribution in [0.25, 0.3) is 5.82 Å². The maximum Gasteiger partial charge on any atom is 0.339 e. The van der Waals surface area contributed by atoms with Gasteiger partial charge in [-0.25, -0.2) is 19.4 Å². The third-order valence-corrected chi connectivity index (χ3v) is 3.85. The van der Waals surface area contributed by atoms with Gasteiger partial charge in [0.1, 0.15) is 12.7 Å². The molecular formula is C17H13N5O3. The van der Waals surface area contributed by atoms with Crippen molar-refractivity contribution in [2.75, 3.05) is 5.32 Å². The van der Waals surface area contributed by atoms with Gasteiger partial charge in [0.2, 0.25) is 0 Å². The Morgan fingerprint density at radius 2 is 2.12 bits per heavy atom. The van der Waals surface area contributed by atoms with Crippen molar-refractivity contribution in [1.82, 2.24) is 19.7 Å². The van der Waals surface area contributed by atoms with Gasteiger partial charge in [-0.3, -0.25) is 4.79 Å². The molecule has 0 radical (unpaired) electrons. The summed E-state index contributed by atoms with van der Waals surface area (Å²) >= 11 is 0. The minimum Gasteiger partial charge on any atom is -0.448 e. The summed E-state index contributed by atoms with van der Waals surface area (Å²) in [5.41, 5.74) is 1.81. The van der Waals surface area contributed by atoms with Crippen LogP contribution in [0.3, 0.4) is 0 Å². The molecule has 0 spiro atoms. The van der Waals surface area contributed by atoms with Gasteiger partial charge in [0.25, 0.3) is 5.91 Å². The number of benzene rings is 1. The quantitative estimate of drug-likeness (QED) is 0.726. The van der Waals surface area contributed by atoms with E-state index in [9.17, 15) is 9.59 Å². The summed E-state index contributed by atoms with van der Waals surface area (Å²) in [7, 11) is 0. The van der Waals surface area contributed by atoms with Crippen molar-refractivity contribution < 1.29 is 14.3 Å². The summed E-state index contributed by atoms with van der Waals surface area (Å²) in [6, 6.07) is 10.5. The van der Waals surface area contributed by atoms with Crippen molar-refractivity contribution in [3.63, 3.8) is 0 Å². The molecule has 0 saturated carbocycles. The number of cyclic esters (lactones) is 1. The molecule has 8 heteroatoms. The standard InChI is InChI=1S/C17H13N5O3/c23-16(14-7-11-3-1-2-4-13(11)17(24)25-14)21-12-5-6-15(19-8-12)22-10-18-9-20-22/h1-6,8-10,14H,7H2,(H,21,23)/t14-/m0/s1. The molecule has 0 unspecified atom stereocenters. The number of nitrogens with one attached hydrogen (secondary N) is 1. The first-order valence-corrected chi connectivity index (χ1v) is 7.61. The number of amides is 1. The number of esters is 1. The van der Waals surface area contributed by atoms with E-state index >= 15 is 0 Å². The molecule has 1 atom stereocenters. The number of carbonyl (C=O) groups is 2. The van der Waals surface area contributed by atoms with Crippen molar-refractivity contribution in [2.24, 2.45) is 0 Å². The Balaban J connectivity index is 1.47. The average molecular weight is 335 g/mol. The lowest BCUT2D eigenvalue weighted by Crippen LogP contribution is -2.38. The predicted molar refractivity (Wildman–Crippen MR) is 87.1 cm³/mol. The van der Waals surface area contributed by atoms with Gasteiger partial charge in [0.15, 0.2) is 11.9 Å². The summed E-state index contributed by atoms with van der Waals surface area (Å²) in [5, 5.41) is 6.69. The van der Waals surface area contributed by atoms with Crippen LogP contribution in [0, 0.1) is 0 Å². The third-order valence-electron chi connectivity index (χ3n) is 3.85. The smallest absolute Gasteiger partial charge is 0.339 e. The first kappa shape index (κ1) is 15.0. The maximum atomic E-state index is 12.4. The van der Waals surface area contributed by atoms with Crippen LogP contribution in [0.5, 0.6) is 0 Å². The lowest BCUT2D eigenvalue weighted by Gasteiger charge is -2.23. The summed E-state index contributed by atoms with van der Waals surface area (Å²) in [5.74, 6) is -0.298. The second-order valence-corrected chi connectivity index (χ2v) is 5.49. The molecule has 1 aliphatic heterocycles. The monoisotopic (exact) mass is 335 g/mol. The molecular weight excluding hydrogens is 322 g/mol. The number of hydrogen-bond donors (Lipinski definition) is 1. The van der Waals surface area contributed by atoms with Crippen LogP contribution in [0.15, 0.2) is 55.2 Å². The van der Waals surface area contributed by atoms with E-state index in [4.69, 9.17) is 4.74 Å². The van der Waals surface area contributed by atoms with Crippen molar-refractivity contribution >= 4 is 17.6 Å². The molecule has 0 fully saturated rings. The van der Waals surface area contributed by atoms with Crippen LogP contribution < -0.4 is 5.32 Å². The number of aromatic nitrogens is 4. The molecule has 4 rings (SSSR count). The van der Waals surface area contributed by atoms with Crippen LogP contribution in [0.1, 0.15) is 15.9 Å². The Morgan fingerprint density at radius 3 is 2.88 bits per heavy atom. The topological polar surface area (TPSA) is 99.0 Å². The Kier molecular flexibility index (Phi) is 3.70. The highest BCUT2D eigenvalue weighted by Gasteiger charge is 2.31. The molecule has 1 amide bonds. The van der Waals surface area contributed by atoms with E-state index < -0.39 is 18.0 Å². The summed E-state index contributed by atoms with van der Waals surface area (Å²) < 4.78 is 6.74. The Labute approximate surface area is 142 Å². The van der Waals surface area contributed by atoms with E-state index in [1.54, 1.807) is 24.3 Å². The van der Waals surface area contributed by atoms with Crippen molar-refractivity contribution in [3.8, 4) is 5.82 Å². The lowest BCUT2D eigenvalue weighted by molar-refractivity contribution is -0.125. The number of fused-ring (bicyclic) bond motifs is 1. The number of carbonyl (C=O) groups excluding carboxylic acids is 2. The Morgan fingerprint density at radius 1 is 1.24 bits per heavy atom. The van der Waals surface area contributed by atoms with Gasteiger partial charge >= 0.3 is 5.97 Å². The van der Waals surface area contributed by atoms with E-state index in [-0.39, 0.29) is 0 Å². The summed E-state index contributed by atoms with van der Waals surface area (Å²) in [4.78, 5) is 32.4.